The highest BCUT2D eigenvalue weighted by atomic mass is 16.3. The molecule has 2 rings (SSSR count). The molecule has 0 fully saturated rings. The largest absolute Gasteiger partial charge is 0.507 e. The highest BCUT2D eigenvalue weighted by molar-refractivity contribution is 5.77. The van der Waals surface area contributed by atoms with Gasteiger partial charge in [0.25, 0.3) is 0 Å². The van der Waals surface area contributed by atoms with E-state index in [1.54, 1.807) is 6.07 Å². The van der Waals surface area contributed by atoms with Crippen molar-refractivity contribution in [2.75, 3.05) is 6.61 Å². The number of pyridine rings is 1. The van der Waals surface area contributed by atoms with Gasteiger partial charge in [0.2, 0.25) is 0 Å². The van der Waals surface area contributed by atoms with Crippen molar-refractivity contribution >= 4 is 0 Å². The molecular formula is C23H33NO2. The van der Waals surface area contributed by atoms with E-state index < -0.39 is 0 Å². The predicted octanol–water partition coefficient (Wildman–Crippen LogP) is 5.58. The van der Waals surface area contributed by atoms with Crippen LogP contribution in [0.2, 0.25) is 0 Å². The standard InChI is InChI=1S/C23H33NO2/c1-6-7-10-18-21(17-11-8-9-12-20(17)26)19(13-14-25)23(16(4)5)24-22(18)15(2)3/h8-9,11-12,15-16,25-26H,6-7,10,13-14H2,1-5H3. The van der Waals surface area contributed by atoms with Crippen molar-refractivity contribution in [3.05, 3.63) is 46.8 Å². The number of hydrogen-bond acceptors (Lipinski definition) is 3. The molecule has 0 unspecified atom stereocenters. The van der Waals surface area contributed by atoms with E-state index in [1.807, 2.05) is 18.2 Å². The Labute approximate surface area is 158 Å². The lowest BCUT2D eigenvalue weighted by Crippen LogP contribution is -2.13. The summed E-state index contributed by atoms with van der Waals surface area (Å²) in [5, 5.41) is 20.3. The SMILES string of the molecule is CCCCc1c(C(C)C)nc(C(C)C)c(CCO)c1-c1ccccc1O. The van der Waals surface area contributed by atoms with Crippen molar-refractivity contribution < 1.29 is 10.2 Å². The molecular weight excluding hydrogens is 322 g/mol. The second-order valence-electron chi connectivity index (χ2n) is 7.62. The number of nitrogens with zero attached hydrogens (tertiary/aromatic N) is 1. The lowest BCUT2D eigenvalue weighted by atomic mass is 9.84. The van der Waals surface area contributed by atoms with Crippen LogP contribution in [0.15, 0.2) is 24.3 Å². The molecule has 1 aromatic carbocycles. The number of unbranched alkanes of at least 4 members (excludes halogenated alkanes) is 1. The maximum absolute atomic E-state index is 10.6. The Kier molecular flexibility index (Phi) is 7.22. The maximum atomic E-state index is 10.6. The third-order valence-corrected chi connectivity index (χ3v) is 4.87. The van der Waals surface area contributed by atoms with Crippen LogP contribution >= 0.6 is 0 Å². The van der Waals surface area contributed by atoms with Gasteiger partial charge in [-0.3, -0.25) is 4.98 Å². The van der Waals surface area contributed by atoms with Crippen LogP contribution in [-0.2, 0) is 12.8 Å². The van der Waals surface area contributed by atoms with Gasteiger partial charge in [-0.15, -0.1) is 0 Å². The first-order valence-corrected chi connectivity index (χ1v) is 9.87. The van der Waals surface area contributed by atoms with Crippen LogP contribution in [0, 0.1) is 0 Å². The van der Waals surface area contributed by atoms with Gasteiger partial charge in [0.05, 0.1) is 0 Å². The summed E-state index contributed by atoms with van der Waals surface area (Å²) < 4.78 is 0. The number of aromatic nitrogens is 1. The van der Waals surface area contributed by atoms with E-state index >= 15 is 0 Å². The molecule has 0 bridgehead atoms. The number of aliphatic hydroxyl groups excluding tert-OH is 1. The fraction of sp³-hybridized carbons (Fsp3) is 0.522. The molecule has 0 amide bonds. The summed E-state index contributed by atoms with van der Waals surface area (Å²) in [6.07, 6.45) is 3.69. The molecule has 1 heterocycles. The molecule has 3 heteroatoms. The van der Waals surface area contributed by atoms with E-state index in [4.69, 9.17) is 4.98 Å². The van der Waals surface area contributed by atoms with Crippen molar-refractivity contribution in [1.82, 2.24) is 4.98 Å². The van der Waals surface area contributed by atoms with E-state index in [1.165, 1.54) is 5.56 Å². The van der Waals surface area contributed by atoms with Crippen LogP contribution in [0.3, 0.4) is 0 Å². The monoisotopic (exact) mass is 355 g/mol. The molecule has 142 valence electrons. The first-order valence-electron chi connectivity index (χ1n) is 9.87. The van der Waals surface area contributed by atoms with Gasteiger partial charge in [-0.25, -0.2) is 0 Å². The van der Waals surface area contributed by atoms with Crippen molar-refractivity contribution in [1.29, 1.82) is 0 Å². The molecule has 2 N–H and O–H groups in total. The summed E-state index contributed by atoms with van der Waals surface area (Å²) in [4.78, 5) is 5.07. The molecule has 0 spiro atoms. The maximum Gasteiger partial charge on any atom is 0.123 e. The number of hydrogen-bond donors (Lipinski definition) is 2. The van der Waals surface area contributed by atoms with Crippen molar-refractivity contribution in [3.63, 3.8) is 0 Å². The minimum Gasteiger partial charge on any atom is -0.507 e. The number of phenols is 1. The van der Waals surface area contributed by atoms with Crippen LogP contribution in [0.5, 0.6) is 5.75 Å². The topological polar surface area (TPSA) is 53.4 Å². The zero-order valence-corrected chi connectivity index (χ0v) is 16.8. The van der Waals surface area contributed by atoms with E-state index in [0.29, 0.717) is 18.1 Å². The third kappa shape index (κ3) is 4.27. The lowest BCUT2D eigenvalue weighted by Gasteiger charge is -2.25. The number of para-hydroxylation sites is 1. The predicted molar refractivity (Wildman–Crippen MR) is 109 cm³/mol. The highest BCUT2D eigenvalue weighted by Crippen LogP contribution is 2.40. The highest BCUT2D eigenvalue weighted by Gasteiger charge is 2.24. The molecule has 1 aromatic heterocycles. The Balaban J connectivity index is 2.90. The second-order valence-corrected chi connectivity index (χ2v) is 7.62. The Bertz CT molecular complexity index is 735. The number of benzene rings is 1. The van der Waals surface area contributed by atoms with Crippen LogP contribution < -0.4 is 0 Å². The summed E-state index contributed by atoms with van der Waals surface area (Å²) in [6.45, 7) is 10.9. The Morgan fingerprint density at radius 1 is 0.923 bits per heavy atom. The summed E-state index contributed by atoms with van der Waals surface area (Å²) in [6, 6.07) is 7.54. The van der Waals surface area contributed by atoms with Gasteiger partial charge in [0, 0.05) is 23.6 Å². The van der Waals surface area contributed by atoms with Crippen LogP contribution in [-0.4, -0.2) is 21.8 Å². The quantitative estimate of drug-likeness (QED) is 0.650. The van der Waals surface area contributed by atoms with Gasteiger partial charge in [0.1, 0.15) is 5.75 Å². The first-order chi connectivity index (χ1) is 12.4. The van der Waals surface area contributed by atoms with Gasteiger partial charge < -0.3 is 10.2 Å². The average molecular weight is 356 g/mol. The lowest BCUT2D eigenvalue weighted by molar-refractivity contribution is 0.299. The average Bonchev–Trinajstić information content (AvgIpc) is 2.60. The molecule has 0 atom stereocenters. The molecule has 0 aliphatic heterocycles. The third-order valence-electron chi connectivity index (χ3n) is 4.87. The Hall–Kier alpha value is -1.87. The van der Waals surface area contributed by atoms with Crippen molar-refractivity contribution in [3.8, 4) is 16.9 Å². The smallest absolute Gasteiger partial charge is 0.123 e. The van der Waals surface area contributed by atoms with Gasteiger partial charge in [-0.1, -0.05) is 59.2 Å². The molecule has 0 saturated heterocycles. The first kappa shape index (κ1) is 20.4. The summed E-state index contributed by atoms with van der Waals surface area (Å²) in [5.74, 6) is 0.867. The number of rotatable bonds is 8. The molecule has 3 nitrogen and oxygen atoms in total. The van der Waals surface area contributed by atoms with E-state index in [-0.39, 0.29) is 12.5 Å². The molecule has 26 heavy (non-hydrogen) atoms. The number of aliphatic hydroxyl groups is 1. The van der Waals surface area contributed by atoms with Gasteiger partial charge >= 0.3 is 0 Å². The fourth-order valence-corrected chi connectivity index (χ4v) is 3.64. The van der Waals surface area contributed by atoms with Crippen molar-refractivity contribution in [2.24, 2.45) is 0 Å². The number of aromatic hydroxyl groups is 1. The van der Waals surface area contributed by atoms with Gasteiger partial charge in [-0.05, 0) is 53.9 Å². The summed E-state index contributed by atoms with van der Waals surface area (Å²) >= 11 is 0. The Morgan fingerprint density at radius 3 is 2.00 bits per heavy atom. The van der Waals surface area contributed by atoms with Crippen LogP contribution in [0.4, 0.5) is 0 Å². The van der Waals surface area contributed by atoms with Gasteiger partial charge in [-0.2, -0.15) is 0 Å². The van der Waals surface area contributed by atoms with Crippen LogP contribution in [0.25, 0.3) is 11.1 Å². The van der Waals surface area contributed by atoms with E-state index in [9.17, 15) is 10.2 Å². The molecule has 2 aromatic rings. The Morgan fingerprint density at radius 2 is 1.50 bits per heavy atom. The van der Waals surface area contributed by atoms with Gasteiger partial charge in [0.15, 0.2) is 0 Å². The fourth-order valence-electron chi connectivity index (χ4n) is 3.64. The minimum atomic E-state index is 0.0796. The summed E-state index contributed by atoms with van der Waals surface area (Å²) in [7, 11) is 0. The molecule has 0 radical (unpaired) electrons. The number of phenolic OH excluding ortho intramolecular Hbond substituents is 1. The van der Waals surface area contributed by atoms with Crippen molar-refractivity contribution in [2.45, 2.75) is 72.1 Å². The normalized spacial score (nSPS) is 11.5. The zero-order valence-electron chi connectivity index (χ0n) is 16.8. The van der Waals surface area contributed by atoms with E-state index in [0.717, 1.165) is 47.3 Å². The zero-order chi connectivity index (χ0) is 19.3. The summed E-state index contributed by atoms with van der Waals surface area (Å²) in [5.41, 5.74) is 6.43. The second kappa shape index (κ2) is 9.18. The van der Waals surface area contributed by atoms with E-state index in [2.05, 4.69) is 34.6 Å². The van der Waals surface area contributed by atoms with Crippen LogP contribution in [0.1, 0.15) is 81.8 Å². The minimum absolute atomic E-state index is 0.0796. The molecule has 0 aliphatic carbocycles. The molecule has 0 saturated carbocycles. The molecule has 0 aliphatic rings.